The maximum atomic E-state index is 11.9. The highest BCUT2D eigenvalue weighted by atomic mass is 35.5. The van der Waals surface area contributed by atoms with Gasteiger partial charge in [0.05, 0.1) is 12.5 Å². The average molecular weight is 287 g/mol. The van der Waals surface area contributed by atoms with E-state index in [1.54, 1.807) is 19.9 Å². The zero-order valence-corrected chi connectivity index (χ0v) is 12.5. The van der Waals surface area contributed by atoms with Gasteiger partial charge >= 0.3 is 5.97 Å². The summed E-state index contributed by atoms with van der Waals surface area (Å²) in [5.41, 5.74) is 4.14. The minimum Gasteiger partial charge on any atom is -0.469 e. The molecule has 0 bridgehead atoms. The summed E-state index contributed by atoms with van der Waals surface area (Å²) < 4.78 is 4.82. The second-order valence-corrected chi connectivity index (χ2v) is 5.69. The van der Waals surface area contributed by atoms with E-state index in [9.17, 15) is 4.79 Å². The third-order valence-electron chi connectivity index (χ3n) is 3.41. The van der Waals surface area contributed by atoms with Crippen molar-refractivity contribution in [2.75, 3.05) is 18.2 Å². The van der Waals surface area contributed by atoms with Gasteiger partial charge in [-0.05, 0) is 27.7 Å². The zero-order chi connectivity index (χ0) is 14.8. The van der Waals surface area contributed by atoms with Crippen LogP contribution in [0.15, 0.2) is 6.07 Å². The number of ether oxygens (including phenoxy) is 1. The van der Waals surface area contributed by atoms with Gasteiger partial charge in [0.25, 0.3) is 0 Å². The Morgan fingerprint density at radius 1 is 1.37 bits per heavy atom. The molecule has 0 saturated heterocycles. The van der Waals surface area contributed by atoms with E-state index in [0.717, 1.165) is 0 Å². The highest BCUT2D eigenvalue weighted by molar-refractivity contribution is 6.29. The molecule has 0 atom stereocenters. The largest absolute Gasteiger partial charge is 0.469 e. The molecule has 3 N–H and O–H groups in total. The number of nitrogens with two attached hydrogens (primary N) is 1. The van der Waals surface area contributed by atoms with Crippen molar-refractivity contribution in [3.05, 3.63) is 11.2 Å². The Morgan fingerprint density at radius 3 is 2.42 bits per heavy atom. The highest BCUT2D eigenvalue weighted by Crippen LogP contribution is 2.34. The van der Waals surface area contributed by atoms with Crippen LogP contribution in [0.25, 0.3) is 0 Å². The average Bonchev–Trinajstić information content (AvgIpc) is 2.25. The zero-order valence-electron chi connectivity index (χ0n) is 11.7. The summed E-state index contributed by atoms with van der Waals surface area (Å²) in [6.45, 7) is 7.32. The molecule has 1 heterocycles. The molecule has 0 amide bonds. The van der Waals surface area contributed by atoms with E-state index in [4.69, 9.17) is 22.1 Å². The molecule has 0 aliphatic rings. The Kier molecular flexibility index (Phi) is 4.25. The first kappa shape index (κ1) is 15.5. The molecule has 0 unspecified atom stereocenters. The molecular weight excluding hydrogens is 268 g/mol. The Hall–Kier alpha value is -1.56. The van der Waals surface area contributed by atoms with Gasteiger partial charge in [0, 0.05) is 11.6 Å². The van der Waals surface area contributed by atoms with E-state index in [1.165, 1.54) is 7.11 Å². The Morgan fingerprint density at radius 2 is 1.95 bits per heavy atom. The minimum atomic E-state index is -0.770. The van der Waals surface area contributed by atoms with Crippen molar-refractivity contribution in [1.29, 1.82) is 0 Å². The standard InChI is InChI=1S/C12H19ClN4O2/c1-11(2,9(18)19-5)12(3,4)17-8-6-7(13)15-10(14)16-8/h6H,1-5H3,(H3,14,15,16,17). The number of nitrogen functional groups attached to an aromatic ring is 1. The van der Waals surface area contributed by atoms with Crippen molar-refractivity contribution in [3.63, 3.8) is 0 Å². The summed E-state index contributed by atoms with van der Waals surface area (Å²) in [6.07, 6.45) is 0. The molecule has 1 rings (SSSR count). The number of nitrogens with zero attached hydrogens (tertiary/aromatic N) is 2. The fourth-order valence-electron chi connectivity index (χ4n) is 1.49. The van der Waals surface area contributed by atoms with E-state index in [2.05, 4.69) is 15.3 Å². The van der Waals surface area contributed by atoms with Gasteiger partial charge in [-0.3, -0.25) is 4.79 Å². The molecule has 0 spiro atoms. The van der Waals surface area contributed by atoms with Crippen molar-refractivity contribution in [2.24, 2.45) is 5.41 Å². The van der Waals surface area contributed by atoms with Gasteiger partial charge in [-0.25, -0.2) is 4.98 Å². The van der Waals surface area contributed by atoms with Gasteiger partial charge in [-0.2, -0.15) is 4.98 Å². The lowest BCUT2D eigenvalue weighted by atomic mass is 9.74. The van der Waals surface area contributed by atoms with Gasteiger partial charge < -0.3 is 15.8 Å². The van der Waals surface area contributed by atoms with E-state index >= 15 is 0 Å². The number of rotatable bonds is 4. The Bertz CT molecular complexity index is 468. The van der Waals surface area contributed by atoms with E-state index in [0.29, 0.717) is 5.82 Å². The fraction of sp³-hybridized carbons (Fsp3) is 0.583. The lowest BCUT2D eigenvalue weighted by molar-refractivity contribution is -0.153. The van der Waals surface area contributed by atoms with Gasteiger partial charge in [-0.15, -0.1) is 0 Å². The van der Waals surface area contributed by atoms with Crippen LogP contribution in [0.5, 0.6) is 0 Å². The summed E-state index contributed by atoms with van der Waals surface area (Å²) in [4.78, 5) is 19.7. The predicted octanol–water partition coefficient (Wildman–Crippen LogP) is 2.10. The molecule has 0 fully saturated rings. The molecule has 0 aliphatic carbocycles. The number of aromatic nitrogens is 2. The summed E-state index contributed by atoms with van der Waals surface area (Å²) in [6, 6.07) is 1.55. The number of halogens is 1. The molecule has 0 saturated carbocycles. The predicted molar refractivity (Wildman–Crippen MR) is 75.0 cm³/mol. The number of nitrogens with one attached hydrogen (secondary N) is 1. The number of carbonyl (C=O) groups excluding carboxylic acids is 1. The number of hydrogen-bond acceptors (Lipinski definition) is 6. The van der Waals surface area contributed by atoms with Gasteiger partial charge in [0.2, 0.25) is 5.95 Å². The third kappa shape index (κ3) is 3.26. The van der Waals surface area contributed by atoms with Gasteiger partial charge in [-0.1, -0.05) is 11.6 Å². The van der Waals surface area contributed by atoms with Crippen molar-refractivity contribution in [2.45, 2.75) is 33.2 Å². The first-order chi connectivity index (χ1) is 8.60. The van der Waals surface area contributed by atoms with Crippen LogP contribution in [0.1, 0.15) is 27.7 Å². The lowest BCUT2D eigenvalue weighted by Crippen LogP contribution is -2.51. The molecule has 19 heavy (non-hydrogen) atoms. The number of hydrogen-bond donors (Lipinski definition) is 2. The van der Waals surface area contributed by atoms with E-state index in [-0.39, 0.29) is 17.1 Å². The van der Waals surface area contributed by atoms with Crippen LogP contribution < -0.4 is 11.1 Å². The van der Waals surface area contributed by atoms with Crippen LogP contribution in [-0.2, 0) is 9.53 Å². The Balaban J connectivity index is 3.05. The lowest BCUT2D eigenvalue weighted by Gasteiger charge is -2.40. The fourth-order valence-corrected chi connectivity index (χ4v) is 1.68. The molecule has 0 aromatic carbocycles. The van der Waals surface area contributed by atoms with E-state index < -0.39 is 11.0 Å². The first-order valence-electron chi connectivity index (χ1n) is 5.77. The van der Waals surface area contributed by atoms with Gasteiger partial charge in [0.1, 0.15) is 11.0 Å². The summed E-state index contributed by atoms with van der Waals surface area (Å²) in [5, 5.41) is 3.38. The van der Waals surface area contributed by atoms with Crippen LogP contribution >= 0.6 is 11.6 Å². The minimum absolute atomic E-state index is 0.0710. The van der Waals surface area contributed by atoms with Crippen LogP contribution in [0.3, 0.4) is 0 Å². The maximum Gasteiger partial charge on any atom is 0.313 e. The quantitative estimate of drug-likeness (QED) is 0.651. The highest BCUT2D eigenvalue weighted by Gasteiger charge is 2.44. The molecule has 106 valence electrons. The van der Waals surface area contributed by atoms with Crippen LogP contribution in [-0.4, -0.2) is 28.6 Å². The van der Waals surface area contributed by atoms with Crippen molar-refractivity contribution in [1.82, 2.24) is 9.97 Å². The summed E-state index contributed by atoms with van der Waals surface area (Å²) in [7, 11) is 1.36. The first-order valence-corrected chi connectivity index (χ1v) is 6.14. The van der Waals surface area contributed by atoms with Crippen molar-refractivity contribution >= 4 is 29.3 Å². The molecule has 6 nitrogen and oxygen atoms in total. The van der Waals surface area contributed by atoms with Crippen LogP contribution in [0.4, 0.5) is 11.8 Å². The smallest absolute Gasteiger partial charge is 0.313 e. The number of methoxy groups -OCH3 is 1. The van der Waals surface area contributed by atoms with Gasteiger partial charge in [0.15, 0.2) is 0 Å². The number of esters is 1. The molecule has 0 aliphatic heterocycles. The van der Waals surface area contributed by atoms with Crippen LogP contribution in [0, 0.1) is 5.41 Å². The Labute approximate surface area is 117 Å². The topological polar surface area (TPSA) is 90.1 Å². The molecule has 1 aromatic rings. The summed E-state index contributed by atoms with van der Waals surface area (Å²) in [5.74, 6) is 0.208. The summed E-state index contributed by atoms with van der Waals surface area (Å²) >= 11 is 5.82. The SMILES string of the molecule is COC(=O)C(C)(C)C(C)(C)Nc1cc(Cl)nc(N)n1. The van der Waals surface area contributed by atoms with E-state index in [1.807, 2.05) is 13.8 Å². The third-order valence-corrected chi connectivity index (χ3v) is 3.60. The normalized spacial score (nSPS) is 12.1. The monoisotopic (exact) mass is 286 g/mol. The van der Waals surface area contributed by atoms with Crippen LogP contribution in [0.2, 0.25) is 5.15 Å². The number of carbonyl (C=O) groups is 1. The van der Waals surface area contributed by atoms with Crippen molar-refractivity contribution < 1.29 is 9.53 Å². The number of anilines is 2. The second-order valence-electron chi connectivity index (χ2n) is 5.30. The molecule has 1 aromatic heterocycles. The molecule has 0 radical (unpaired) electrons. The van der Waals surface area contributed by atoms with Crippen molar-refractivity contribution in [3.8, 4) is 0 Å². The molecule has 7 heteroatoms. The maximum absolute atomic E-state index is 11.9. The molecular formula is C12H19ClN4O2. The second kappa shape index (κ2) is 5.21.